The van der Waals surface area contributed by atoms with E-state index in [9.17, 15) is 9.90 Å². The fourth-order valence-corrected chi connectivity index (χ4v) is 4.13. The van der Waals surface area contributed by atoms with Gasteiger partial charge in [0.15, 0.2) is 0 Å². The molecule has 2 aromatic heterocycles. The van der Waals surface area contributed by atoms with Crippen LogP contribution in [0.5, 0.6) is 5.75 Å². The molecule has 3 N–H and O–H groups in total. The quantitative estimate of drug-likeness (QED) is 0.357. The predicted molar refractivity (Wildman–Crippen MR) is 124 cm³/mol. The van der Waals surface area contributed by atoms with Crippen molar-refractivity contribution >= 4 is 17.2 Å². The Labute approximate surface area is 190 Å². The summed E-state index contributed by atoms with van der Waals surface area (Å²) >= 11 is 1.62. The van der Waals surface area contributed by atoms with Gasteiger partial charge in [-0.1, -0.05) is 42.5 Å². The van der Waals surface area contributed by atoms with Crippen LogP contribution in [-0.2, 0) is 6.54 Å². The van der Waals surface area contributed by atoms with Gasteiger partial charge >= 0.3 is 0 Å². The molecular formula is C24H24N4O3S. The topological polar surface area (TPSA) is 103 Å². The van der Waals surface area contributed by atoms with E-state index in [1.807, 2.05) is 42.5 Å². The first-order valence-corrected chi connectivity index (χ1v) is 11.2. The highest BCUT2D eigenvalue weighted by Gasteiger charge is 2.10. The first-order valence-electron chi connectivity index (χ1n) is 10.3. The van der Waals surface area contributed by atoms with Crippen molar-refractivity contribution in [2.75, 3.05) is 6.61 Å². The summed E-state index contributed by atoms with van der Waals surface area (Å²) in [7, 11) is 0. The Kier molecular flexibility index (Phi) is 6.94. The van der Waals surface area contributed by atoms with Gasteiger partial charge in [0.1, 0.15) is 16.5 Å². The summed E-state index contributed by atoms with van der Waals surface area (Å²) in [5, 5.41) is 13.3. The molecule has 1 atom stereocenters. The molecule has 0 saturated heterocycles. The molecular weight excluding hydrogens is 424 g/mol. The Morgan fingerprint density at radius 2 is 1.97 bits per heavy atom. The summed E-state index contributed by atoms with van der Waals surface area (Å²) in [6, 6.07) is 18.0. The van der Waals surface area contributed by atoms with E-state index in [1.165, 1.54) is 12.5 Å². The molecule has 1 amide bonds. The van der Waals surface area contributed by atoms with Crippen molar-refractivity contribution in [2.24, 2.45) is 5.73 Å². The number of aliphatic hydroxyl groups excluding tert-OH is 1. The highest BCUT2D eigenvalue weighted by molar-refractivity contribution is 7.13. The summed E-state index contributed by atoms with van der Waals surface area (Å²) in [5.41, 5.74) is 8.42. The molecule has 0 radical (unpaired) electrons. The van der Waals surface area contributed by atoms with E-state index in [2.05, 4.69) is 22.5 Å². The largest absolute Gasteiger partial charge is 0.494 e. The maximum Gasteiger partial charge on any atom is 0.268 e. The van der Waals surface area contributed by atoms with Crippen LogP contribution in [0.25, 0.3) is 21.8 Å². The van der Waals surface area contributed by atoms with Gasteiger partial charge < -0.3 is 20.1 Å². The van der Waals surface area contributed by atoms with Crippen LogP contribution in [-0.4, -0.2) is 38.3 Å². The second-order valence-electron chi connectivity index (χ2n) is 7.40. The van der Waals surface area contributed by atoms with Crippen LogP contribution in [0.15, 0.2) is 72.5 Å². The summed E-state index contributed by atoms with van der Waals surface area (Å²) < 4.78 is 7.54. The normalized spacial score (nSPS) is 11.9. The van der Waals surface area contributed by atoms with Crippen LogP contribution in [0.4, 0.5) is 0 Å². The number of nitrogens with two attached hydrogens (primary N) is 1. The highest BCUT2D eigenvalue weighted by Crippen LogP contribution is 2.30. The third-order valence-corrected chi connectivity index (χ3v) is 5.80. The number of ether oxygens (including phenoxy) is 1. The number of amides is 1. The van der Waals surface area contributed by atoms with E-state index in [0.717, 1.165) is 27.6 Å². The van der Waals surface area contributed by atoms with Crippen molar-refractivity contribution in [1.82, 2.24) is 14.5 Å². The molecule has 0 aliphatic rings. The molecule has 2 heterocycles. The van der Waals surface area contributed by atoms with Gasteiger partial charge in [-0.3, -0.25) is 4.79 Å². The van der Waals surface area contributed by atoms with Crippen molar-refractivity contribution in [2.45, 2.75) is 25.5 Å². The smallest absolute Gasteiger partial charge is 0.268 e. The predicted octanol–water partition coefficient (Wildman–Crippen LogP) is 3.99. The van der Waals surface area contributed by atoms with Gasteiger partial charge in [0, 0.05) is 29.2 Å². The van der Waals surface area contributed by atoms with Crippen molar-refractivity contribution < 1.29 is 14.6 Å². The van der Waals surface area contributed by atoms with Gasteiger partial charge in [-0.05, 0) is 25.0 Å². The highest BCUT2D eigenvalue weighted by atomic mass is 32.1. The zero-order valence-electron chi connectivity index (χ0n) is 17.4. The molecule has 7 nitrogen and oxygen atoms in total. The molecule has 4 rings (SSSR count). The minimum atomic E-state index is -0.581. The Bertz CT molecular complexity index is 1170. The van der Waals surface area contributed by atoms with E-state index in [4.69, 9.17) is 15.5 Å². The molecule has 2 aromatic carbocycles. The van der Waals surface area contributed by atoms with Crippen LogP contribution in [0.1, 0.15) is 23.3 Å². The zero-order valence-corrected chi connectivity index (χ0v) is 18.2. The minimum Gasteiger partial charge on any atom is -0.494 e. The molecule has 0 fully saturated rings. The number of primary amides is 1. The third-order valence-electron chi connectivity index (χ3n) is 4.91. The zero-order chi connectivity index (χ0) is 22.3. The van der Waals surface area contributed by atoms with Crippen molar-refractivity contribution in [3.63, 3.8) is 0 Å². The number of hydrogen-bond acceptors (Lipinski definition) is 6. The van der Waals surface area contributed by atoms with E-state index >= 15 is 0 Å². The number of aliphatic hydroxyl groups is 1. The lowest BCUT2D eigenvalue weighted by Gasteiger charge is -2.12. The lowest BCUT2D eigenvalue weighted by atomic mass is 10.1. The van der Waals surface area contributed by atoms with E-state index in [0.29, 0.717) is 26.0 Å². The summed E-state index contributed by atoms with van der Waals surface area (Å²) in [4.78, 5) is 19.8. The minimum absolute atomic E-state index is 0.191. The molecule has 0 aliphatic carbocycles. The summed E-state index contributed by atoms with van der Waals surface area (Å²) in [6.45, 7) is 0.840. The van der Waals surface area contributed by atoms with Crippen molar-refractivity contribution in [3.05, 3.63) is 78.2 Å². The second kappa shape index (κ2) is 10.2. The van der Waals surface area contributed by atoms with Crippen LogP contribution in [0.2, 0.25) is 0 Å². The first kappa shape index (κ1) is 21.7. The summed E-state index contributed by atoms with van der Waals surface area (Å²) in [6.07, 6.45) is 3.72. The van der Waals surface area contributed by atoms with E-state index in [-0.39, 0.29) is 5.69 Å². The van der Waals surface area contributed by atoms with Gasteiger partial charge in [0.05, 0.1) is 24.7 Å². The maximum atomic E-state index is 11.1. The molecule has 4 aromatic rings. The van der Waals surface area contributed by atoms with Gasteiger partial charge in [0.25, 0.3) is 5.91 Å². The lowest BCUT2D eigenvalue weighted by molar-refractivity contribution is 0.0995. The number of imidazole rings is 1. The van der Waals surface area contributed by atoms with Gasteiger partial charge in [-0.2, -0.15) is 0 Å². The molecule has 0 bridgehead atoms. The summed E-state index contributed by atoms with van der Waals surface area (Å²) in [5.74, 6) is 0.190. The third kappa shape index (κ3) is 5.60. The fraction of sp³-hybridized carbons (Fsp3) is 0.208. The first-order chi connectivity index (χ1) is 15.6. The Morgan fingerprint density at radius 3 is 2.75 bits per heavy atom. The SMILES string of the molecule is NC(=O)c1cn(CC(O)CCCOc2cccc(-c3csc(-c4ccccc4)n3)c2)cn1. The average Bonchev–Trinajstić information content (AvgIpc) is 3.48. The van der Waals surface area contributed by atoms with Crippen molar-refractivity contribution in [1.29, 1.82) is 0 Å². The fourth-order valence-electron chi connectivity index (χ4n) is 3.30. The number of nitrogens with zero attached hydrogens (tertiary/aromatic N) is 3. The Hall–Kier alpha value is -3.49. The standard InChI is InChI=1S/C24H24N4O3S/c25-23(30)21-14-28(16-26-21)13-19(29)9-5-11-31-20-10-4-8-18(12-20)22-15-32-24(27-22)17-6-2-1-3-7-17/h1-4,6-8,10,12,14-16,19,29H,5,9,11,13H2,(H2,25,30). The monoisotopic (exact) mass is 448 g/mol. The number of thiazole rings is 1. The molecule has 8 heteroatoms. The van der Waals surface area contributed by atoms with Crippen LogP contribution < -0.4 is 10.5 Å². The van der Waals surface area contributed by atoms with E-state index in [1.54, 1.807) is 15.9 Å². The Balaban J connectivity index is 1.27. The molecule has 0 saturated carbocycles. The van der Waals surface area contributed by atoms with Crippen LogP contribution in [0.3, 0.4) is 0 Å². The molecule has 1 unspecified atom stereocenters. The number of benzene rings is 2. The number of aromatic nitrogens is 3. The number of hydrogen-bond donors (Lipinski definition) is 2. The van der Waals surface area contributed by atoms with Gasteiger partial charge in [-0.15, -0.1) is 11.3 Å². The van der Waals surface area contributed by atoms with Crippen LogP contribution >= 0.6 is 11.3 Å². The van der Waals surface area contributed by atoms with Gasteiger partial charge in [-0.25, -0.2) is 9.97 Å². The molecule has 0 spiro atoms. The maximum absolute atomic E-state index is 11.1. The average molecular weight is 449 g/mol. The number of rotatable bonds is 10. The second-order valence-corrected chi connectivity index (χ2v) is 8.25. The molecule has 164 valence electrons. The van der Waals surface area contributed by atoms with E-state index < -0.39 is 12.0 Å². The van der Waals surface area contributed by atoms with Crippen molar-refractivity contribution in [3.8, 4) is 27.6 Å². The molecule has 0 aliphatic heterocycles. The molecule has 32 heavy (non-hydrogen) atoms. The number of carbonyl (C=O) groups excluding carboxylic acids is 1. The van der Waals surface area contributed by atoms with Crippen LogP contribution in [0, 0.1) is 0 Å². The lowest BCUT2D eigenvalue weighted by Crippen LogP contribution is -2.16. The Morgan fingerprint density at radius 1 is 1.16 bits per heavy atom. The number of carbonyl (C=O) groups is 1. The van der Waals surface area contributed by atoms with Gasteiger partial charge in [0.2, 0.25) is 0 Å².